The summed E-state index contributed by atoms with van der Waals surface area (Å²) in [4.78, 5) is 8.53. The van der Waals surface area contributed by atoms with E-state index in [-0.39, 0.29) is 11.5 Å². The zero-order valence-corrected chi connectivity index (χ0v) is 13.3. The van der Waals surface area contributed by atoms with Crippen molar-refractivity contribution in [2.24, 2.45) is 5.41 Å². The Balaban J connectivity index is 1.98. The van der Waals surface area contributed by atoms with Crippen molar-refractivity contribution in [3.63, 3.8) is 0 Å². The lowest BCUT2D eigenvalue weighted by atomic mass is 9.85. The van der Waals surface area contributed by atoms with Crippen molar-refractivity contribution >= 4 is 16.9 Å². The Morgan fingerprint density at radius 3 is 2.77 bits per heavy atom. The number of hydrogen-bond acceptors (Lipinski definition) is 5. The number of fused-ring (bicyclic) bond motifs is 1. The minimum atomic E-state index is -0.0378. The first-order valence-electron chi connectivity index (χ1n) is 7.48. The van der Waals surface area contributed by atoms with Crippen LogP contribution in [0.2, 0.25) is 0 Å². The van der Waals surface area contributed by atoms with Gasteiger partial charge in [0.2, 0.25) is 0 Å². The first-order chi connectivity index (χ1) is 10.5. The lowest BCUT2D eigenvalue weighted by Gasteiger charge is -2.30. The van der Waals surface area contributed by atoms with Gasteiger partial charge in [-0.25, -0.2) is 9.97 Å². The van der Waals surface area contributed by atoms with E-state index in [4.69, 9.17) is 4.42 Å². The largest absolute Gasteiger partial charge is 0.464 e. The normalized spacial score (nSPS) is 13.5. The van der Waals surface area contributed by atoms with Crippen LogP contribution in [0.3, 0.4) is 0 Å². The third-order valence-corrected chi connectivity index (χ3v) is 3.71. The molecule has 0 aromatic carbocycles. The van der Waals surface area contributed by atoms with Crippen LogP contribution in [0.25, 0.3) is 11.0 Å². The molecule has 1 atom stereocenters. The molecule has 0 spiro atoms. The Hall–Kier alpha value is -2.37. The van der Waals surface area contributed by atoms with Crippen LogP contribution in [0, 0.1) is 5.41 Å². The fourth-order valence-corrected chi connectivity index (χ4v) is 2.47. The summed E-state index contributed by atoms with van der Waals surface area (Å²) in [5.41, 5.74) is 0.683. The third kappa shape index (κ3) is 2.68. The number of nitrogens with one attached hydrogen (secondary N) is 2. The number of aromatic nitrogens is 4. The molecule has 3 aromatic rings. The van der Waals surface area contributed by atoms with Gasteiger partial charge in [-0.15, -0.1) is 0 Å². The van der Waals surface area contributed by atoms with E-state index in [2.05, 4.69) is 53.2 Å². The van der Waals surface area contributed by atoms with Crippen LogP contribution in [0.4, 0.5) is 5.82 Å². The van der Waals surface area contributed by atoms with E-state index in [1.807, 2.05) is 12.1 Å². The molecule has 22 heavy (non-hydrogen) atoms. The molecule has 1 unspecified atom stereocenters. The van der Waals surface area contributed by atoms with Crippen molar-refractivity contribution in [1.29, 1.82) is 0 Å². The van der Waals surface area contributed by atoms with E-state index in [1.54, 1.807) is 6.20 Å². The summed E-state index contributed by atoms with van der Waals surface area (Å²) in [6, 6.07) is 4.07. The molecule has 6 nitrogen and oxygen atoms in total. The molecule has 6 heteroatoms. The van der Waals surface area contributed by atoms with Crippen LogP contribution in [0.1, 0.15) is 45.3 Å². The van der Waals surface area contributed by atoms with E-state index >= 15 is 0 Å². The van der Waals surface area contributed by atoms with Gasteiger partial charge in [-0.3, -0.25) is 5.10 Å². The monoisotopic (exact) mass is 299 g/mol. The number of anilines is 1. The second kappa shape index (κ2) is 5.44. The van der Waals surface area contributed by atoms with E-state index in [0.717, 1.165) is 34.8 Å². The molecular formula is C16H21N5O. The van der Waals surface area contributed by atoms with Crippen LogP contribution in [0.5, 0.6) is 0 Å². The standard InChI is InChI=1S/C16H21N5O/c1-5-10-6-7-12(22-10)13(16(2,3)4)20-14-11-8-19-21-15(11)18-9-17-14/h6-9,13H,5H2,1-4H3,(H2,17,18,19,20,21). The molecule has 0 bridgehead atoms. The highest BCUT2D eigenvalue weighted by Gasteiger charge is 2.30. The number of hydrogen-bond donors (Lipinski definition) is 2. The fraction of sp³-hybridized carbons (Fsp3) is 0.438. The molecule has 0 fully saturated rings. The first-order valence-corrected chi connectivity index (χ1v) is 7.48. The zero-order chi connectivity index (χ0) is 15.7. The highest BCUT2D eigenvalue weighted by Crippen LogP contribution is 2.37. The van der Waals surface area contributed by atoms with Crippen molar-refractivity contribution in [1.82, 2.24) is 20.2 Å². The Morgan fingerprint density at radius 1 is 1.27 bits per heavy atom. The highest BCUT2D eigenvalue weighted by molar-refractivity contribution is 5.85. The summed E-state index contributed by atoms with van der Waals surface area (Å²) in [7, 11) is 0. The van der Waals surface area contributed by atoms with Crippen molar-refractivity contribution in [2.75, 3.05) is 5.32 Å². The van der Waals surface area contributed by atoms with Crippen LogP contribution < -0.4 is 5.32 Å². The second-order valence-electron chi connectivity index (χ2n) is 6.46. The van der Waals surface area contributed by atoms with E-state index < -0.39 is 0 Å². The summed E-state index contributed by atoms with van der Waals surface area (Å²) >= 11 is 0. The summed E-state index contributed by atoms with van der Waals surface area (Å²) in [5.74, 6) is 2.66. The van der Waals surface area contributed by atoms with Gasteiger partial charge in [0.15, 0.2) is 5.65 Å². The maximum Gasteiger partial charge on any atom is 0.160 e. The number of rotatable bonds is 4. The number of furan rings is 1. The predicted molar refractivity (Wildman–Crippen MR) is 85.6 cm³/mol. The topological polar surface area (TPSA) is 79.6 Å². The van der Waals surface area contributed by atoms with E-state index in [1.165, 1.54) is 6.33 Å². The number of nitrogens with zero attached hydrogens (tertiary/aromatic N) is 3. The molecule has 3 heterocycles. The first kappa shape index (κ1) is 14.6. The highest BCUT2D eigenvalue weighted by atomic mass is 16.3. The smallest absolute Gasteiger partial charge is 0.160 e. The molecule has 116 valence electrons. The molecule has 0 radical (unpaired) electrons. The summed E-state index contributed by atoms with van der Waals surface area (Å²) < 4.78 is 5.96. The molecule has 0 aliphatic rings. The van der Waals surface area contributed by atoms with Gasteiger partial charge >= 0.3 is 0 Å². The third-order valence-electron chi connectivity index (χ3n) is 3.71. The summed E-state index contributed by atoms with van der Waals surface area (Å²) in [6.07, 6.45) is 4.15. The van der Waals surface area contributed by atoms with Gasteiger partial charge in [-0.1, -0.05) is 27.7 Å². The van der Waals surface area contributed by atoms with Crippen LogP contribution in [0.15, 0.2) is 29.1 Å². The molecule has 3 rings (SSSR count). The van der Waals surface area contributed by atoms with Crippen LogP contribution >= 0.6 is 0 Å². The number of aromatic amines is 1. The SMILES string of the molecule is CCc1ccc(C(Nc2ncnc3[nH]ncc23)C(C)(C)C)o1. The lowest BCUT2D eigenvalue weighted by molar-refractivity contribution is 0.298. The quantitative estimate of drug-likeness (QED) is 0.767. The van der Waals surface area contributed by atoms with Crippen molar-refractivity contribution in [3.8, 4) is 0 Å². The maximum absolute atomic E-state index is 5.96. The zero-order valence-electron chi connectivity index (χ0n) is 13.3. The van der Waals surface area contributed by atoms with Crippen LogP contribution in [-0.2, 0) is 6.42 Å². The van der Waals surface area contributed by atoms with Gasteiger partial charge in [0, 0.05) is 6.42 Å². The number of H-pyrrole nitrogens is 1. The Morgan fingerprint density at radius 2 is 2.09 bits per heavy atom. The molecule has 2 N–H and O–H groups in total. The minimum absolute atomic E-state index is 0.000741. The molecule has 0 saturated heterocycles. The Kier molecular flexibility index (Phi) is 3.60. The average Bonchev–Trinajstić information content (AvgIpc) is 3.12. The molecule has 3 aromatic heterocycles. The van der Waals surface area contributed by atoms with Crippen molar-refractivity contribution in [3.05, 3.63) is 36.2 Å². The van der Waals surface area contributed by atoms with Gasteiger partial charge in [0.05, 0.1) is 17.6 Å². The fourth-order valence-electron chi connectivity index (χ4n) is 2.47. The minimum Gasteiger partial charge on any atom is -0.464 e. The van der Waals surface area contributed by atoms with Gasteiger partial charge in [0.25, 0.3) is 0 Å². The molecule has 0 aliphatic carbocycles. The summed E-state index contributed by atoms with van der Waals surface area (Å²) in [6.45, 7) is 8.60. The van der Waals surface area contributed by atoms with Gasteiger partial charge in [-0.2, -0.15) is 5.10 Å². The molecule has 0 aliphatic heterocycles. The van der Waals surface area contributed by atoms with Gasteiger partial charge in [-0.05, 0) is 17.5 Å². The second-order valence-corrected chi connectivity index (χ2v) is 6.46. The van der Waals surface area contributed by atoms with Crippen LogP contribution in [-0.4, -0.2) is 20.2 Å². The van der Waals surface area contributed by atoms with E-state index in [0.29, 0.717) is 0 Å². The van der Waals surface area contributed by atoms with Gasteiger partial charge in [0.1, 0.15) is 23.7 Å². The average molecular weight is 299 g/mol. The lowest BCUT2D eigenvalue weighted by Crippen LogP contribution is -2.26. The Labute approximate surface area is 129 Å². The Bertz CT molecular complexity index is 768. The van der Waals surface area contributed by atoms with Crippen molar-refractivity contribution in [2.45, 2.75) is 40.2 Å². The molecule has 0 saturated carbocycles. The summed E-state index contributed by atoms with van der Waals surface area (Å²) in [5, 5.41) is 11.3. The number of aryl methyl sites for hydroxylation is 1. The molecular weight excluding hydrogens is 278 g/mol. The predicted octanol–water partition coefficient (Wildman–Crippen LogP) is 3.71. The van der Waals surface area contributed by atoms with E-state index in [9.17, 15) is 0 Å². The van der Waals surface area contributed by atoms with Gasteiger partial charge < -0.3 is 9.73 Å². The van der Waals surface area contributed by atoms with Crippen molar-refractivity contribution < 1.29 is 4.42 Å². The maximum atomic E-state index is 5.96. The molecule has 0 amide bonds.